The van der Waals surface area contributed by atoms with Crippen molar-refractivity contribution in [2.24, 2.45) is 11.7 Å². The van der Waals surface area contributed by atoms with Crippen LogP contribution < -0.4 is 5.73 Å². The van der Waals surface area contributed by atoms with E-state index < -0.39 is 0 Å². The normalized spacial score (nSPS) is 20.4. The van der Waals surface area contributed by atoms with Crippen molar-refractivity contribution in [2.75, 3.05) is 13.2 Å². The SMILES string of the molecule is CC=C(C)CC(N)c1cc(CCOOOCCC2=CCC(C)C(c3cc(C)c[nH]3)C2)c[nH]1. The summed E-state index contributed by atoms with van der Waals surface area (Å²) in [6.07, 6.45) is 13.1. The van der Waals surface area contributed by atoms with Crippen molar-refractivity contribution in [1.29, 1.82) is 0 Å². The Morgan fingerprint density at radius 1 is 1.19 bits per heavy atom. The van der Waals surface area contributed by atoms with Crippen LogP contribution in [0, 0.1) is 12.8 Å². The number of aromatic amines is 2. The molecule has 4 N–H and O–H groups in total. The van der Waals surface area contributed by atoms with Crippen LogP contribution in [-0.4, -0.2) is 23.2 Å². The summed E-state index contributed by atoms with van der Waals surface area (Å²) in [6, 6.07) is 4.34. The first-order valence-corrected chi connectivity index (χ1v) is 11.7. The summed E-state index contributed by atoms with van der Waals surface area (Å²) in [4.78, 5) is 17.1. The van der Waals surface area contributed by atoms with Gasteiger partial charge in [-0.1, -0.05) is 35.3 Å². The van der Waals surface area contributed by atoms with Gasteiger partial charge in [0.25, 0.3) is 0 Å². The van der Waals surface area contributed by atoms with Gasteiger partial charge in [-0.25, -0.2) is 9.78 Å². The molecule has 0 saturated carbocycles. The van der Waals surface area contributed by atoms with Crippen molar-refractivity contribution < 1.29 is 14.8 Å². The summed E-state index contributed by atoms with van der Waals surface area (Å²) in [6.45, 7) is 9.51. The fraction of sp³-hybridized carbons (Fsp3) is 0.538. The number of allylic oxidation sites excluding steroid dienone is 2. The van der Waals surface area contributed by atoms with E-state index in [-0.39, 0.29) is 6.04 Å². The zero-order valence-corrected chi connectivity index (χ0v) is 19.9. The number of hydrogen-bond donors (Lipinski definition) is 3. The van der Waals surface area contributed by atoms with Crippen molar-refractivity contribution in [1.82, 2.24) is 9.97 Å². The first kappa shape index (κ1) is 24.5. The van der Waals surface area contributed by atoms with Gasteiger partial charge in [-0.3, -0.25) is 0 Å². The summed E-state index contributed by atoms with van der Waals surface area (Å²) < 4.78 is 0. The highest BCUT2D eigenvalue weighted by Crippen LogP contribution is 2.37. The predicted molar refractivity (Wildman–Crippen MR) is 128 cm³/mol. The van der Waals surface area contributed by atoms with Crippen LogP contribution in [0.15, 0.2) is 47.8 Å². The minimum Gasteiger partial charge on any atom is -0.364 e. The molecule has 3 atom stereocenters. The Kier molecular flexibility index (Phi) is 9.36. The largest absolute Gasteiger partial charge is 0.364 e. The maximum Gasteiger partial charge on any atom is 0.0894 e. The Hall–Kier alpha value is -2.12. The van der Waals surface area contributed by atoms with E-state index in [1.807, 2.05) is 13.1 Å². The van der Waals surface area contributed by atoms with Gasteiger partial charge < -0.3 is 15.7 Å². The molecule has 1 aliphatic carbocycles. The van der Waals surface area contributed by atoms with E-state index in [0.717, 1.165) is 43.4 Å². The molecular formula is C26H39N3O3. The van der Waals surface area contributed by atoms with Crippen LogP contribution >= 0.6 is 0 Å². The van der Waals surface area contributed by atoms with Gasteiger partial charge in [-0.15, -0.1) is 0 Å². The molecule has 0 amide bonds. The fourth-order valence-corrected chi connectivity index (χ4v) is 4.27. The maximum atomic E-state index is 6.25. The summed E-state index contributed by atoms with van der Waals surface area (Å²) in [7, 11) is 0. The Morgan fingerprint density at radius 2 is 1.97 bits per heavy atom. The fourth-order valence-electron chi connectivity index (χ4n) is 4.27. The van der Waals surface area contributed by atoms with Crippen molar-refractivity contribution in [2.45, 2.75) is 71.8 Å². The number of nitrogens with two attached hydrogens (primary N) is 1. The highest BCUT2D eigenvalue weighted by molar-refractivity contribution is 5.24. The maximum absolute atomic E-state index is 6.25. The molecule has 2 aromatic rings. The van der Waals surface area contributed by atoms with Gasteiger partial charge in [-0.05, 0) is 75.6 Å². The Bertz CT molecular complexity index is 896. The number of H-pyrrole nitrogens is 2. The molecule has 3 unspecified atom stereocenters. The van der Waals surface area contributed by atoms with Crippen LogP contribution in [0.1, 0.15) is 80.9 Å². The molecule has 0 aliphatic heterocycles. The Balaban J connectivity index is 1.30. The highest BCUT2D eigenvalue weighted by atomic mass is 17.5. The quantitative estimate of drug-likeness (QED) is 0.164. The lowest BCUT2D eigenvalue weighted by Crippen LogP contribution is -2.16. The van der Waals surface area contributed by atoms with Crippen LogP contribution in [0.2, 0.25) is 0 Å². The molecular weight excluding hydrogens is 402 g/mol. The molecule has 176 valence electrons. The highest BCUT2D eigenvalue weighted by Gasteiger charge is 2.24. The van der Waals surface area contributed by atoms with Crippen LogP contribution in [0.3, 0.4) is 0 Å². The molecule has 3 rings (SSSR count). The standard InChI is InChI=1S/C26H39N3O3/c1-5-18(2)12-24(27)26-15-22(17-29-26)9-11-31-32-30-10-8-21-7-6-20(4)23(14-21)25-13-19(3)16-28-25/h5,7,13,15-17,20,23-24,28-29H,6,8-12,14,27H2,1-4H3. The van der Waals surface area contributed by atoms with Gasteiger partial charge in [0, 0.05) is 42.2 Å². The number of nitrogens with one attached hydrogen (secondary N) is 2. The first-order valence-electron chi connectivity index (χ1n) is 11.7. The third kappa shape index (κ3) is 7.20. The molecule has 0 radical (unpaired) electrons. The van der Waals surface area contributed by atoms with Gasteiger partial charge in [-0.2, -0.15) is 0 Å². The van der Waals surface area contributed by atoms with Gasteiger partial charge in [0.1, 0.15) is 0 Å². The van der Waals surface area contributed by atoms with E-state index in [9.17, 15) is 0 Å². The summed E-state index contributed by atoms with van der Waals surface area (Å²) in [5.41, 5.74) is 13.8. The molecule has 2 aromatic heterocycles. The molecule has 0 saturated heterocycles. The average molecular weight is 442 g/mol. The topological polar surface area (TPSA) is 85.3 Å². The second-order valence-electron chi connectivity index (χ2n) is 9.14. The van der Waals surface area contributed by atoms with Crippen LogP contribution in [0.5, 0.6) is 0 Å². The van der Waals surface area contributed by atoms with Gasteiger partial charge in [0.05, 0.1) is 13.2 Å². The second-order valence-corrected chi connectivity index (χ2v) is 9.14. The second kappa shape index (κ2) is 12.2. The van der Waals surface area contributed by atoms with Crippen molar-refractivity contribution in [3.8, 4) is 0 Å². The van der Waals surface area contributed by atoms with Crippen molar-refractivity contribution in [3.63, 3.8) is 0 Å². The number of rotatable bonds is 12. The minimum absolute atomic E-state index is 0.0156. The number of aryl methyl sites for hydroxylation is 1. The van der Waals surface area contributed by atoms with Gasteiger partial charge in [0.15, 0.2) is 0 Å². The summed E-state index contributed by atoms with van der Waals surface area (Å²) >= 11 is 0. The number of hydrogen-bond acceptors (Lipinski definition) is 4. The molecule has 1 aliphatic rings. The van der Waals surface area contributed by atoms with E-state index in [4.69, 9.17) is 20.5 Å². The van der Waals surface area contributed by atoms with Crippen LogP contribution in [0.25, 0.3) is 0 Å². The lowest BCUT2D eigenvalue weighted by Gasteiger charge is -2.28. The van der Waals surface area contributed by atoms with Crippen LogP contribution in [0.4, 0.5) is 0 Å². The van der Waals surface area contributed by atoms with Crippen molar-refractivity contribution in [3.05, 3.63) is 70.3 Å². The van der Waals surface area contributed by atoms with E-state index in [1.165, 1.54) is 22.4 Å². The minimum atomic E-state index is -0.0156. The Morgan fingerprint density at radius 3 is 2.69 bits per heavy atom. The van der Waals surface area contributed by atoms with E-state index in [2.05, 4.69) is 61.2 Å². The number of aromatic nitrogens is 2. The molecule has 6 nitrogen and oxygen atoms in total. The van der Waals surface area contributed by atoms with Gasteiger partial charge in [0.2, 0.25) is 0 Å². The summed E-state index contributed by atoms with van der Waals surface area (Å²) in [5.74, 6) is 1.19. The molecule has 0 spiro atoms. The molecule has 6 heteroatoms. The van der Waals surface area contributed by atoms with E-state index >= 15 is 0 Å². The first-order chi connectivity index (χ1) is 15.5. The van der Waals surface area contributed by atoms with Gasteiger partial charge >= 0.3 is 0 Å². The zero-order chi connectivity index (χ0) is 22.9. The lowest BCUT2D eigenvalue weighted by molar-refractivity contribution is -0.511. The molecule has 0 fully saturated rings. The molecule has 0 bridgehead atoms. The smallest absolute Gasteiger partial charge is 0.0894 e. The van der Waals surface area contributed by atoms with Crippen molar-refractivity contribution >= 4 is 0 Å². The van der Waals surface area contributed by atoms with E-state index in [0.29, 0.717) is 25.0 Å². The Labute approximate surface area is 192 Å². The monoisotopic (exact) mass is 441 g/mol. The molecule has 2 heterocycles. The lowest BCUT2D eigenvalue weighted by atomic mass is 9.78. The third-order valence-corrected chi connectivity index (χ3v) is 6.47. The third-order valence-electron chi connectivity index (χ3n) is 6.47. The molecule has 32 heavy (non-hydrogen) atoms. The van der Waals surface area contributed by atoms with Crippen LogP contribution in [-0.2, 0) is 21.2 Å². The summed E-state index contributed by atoms with van der Waals surface area (Å²) in [5, 5.41) is 4.93. The van der Waals surface area contributed by atoms with E-state index in [1.54, 1.807) is 0 Å². The predicted octanol–water partition coefficient (Wildman–Crippen LogP) is 5.96. The zero-order valence-electron chi connectivity index (χ0n) is 19.9. The molecule has 0 aromatic carbocycles. The average Bonchev–Trinajstić information content (AvgIpc) is 3.43.